The summed E-state index contributed by atoms with van der Waals surface area (Å²) in [5.74, 6) is 0. The Morgan fingerprint density at radius 1 is 1.00 bits per heavy atom. The highest BCUT2D eigenvalue weighted by molar-refractivity contribution is 7.86. The molecule has 46 valence electrons. The van der Waals surface area contributed by atoms with Crippen LogP contribution in [-0.2, 0) is 10.8 Å². The largest absolute Gasteiger partial charge is 0.259 e. The minimum absolute atomic E-state index is 0.401. The van der Waals surface area contributed by atoms with Gasteiger partial charge in [-0.05, 0) is 25.7 Å². The third kappa shape index (κ3) is 0.815. The van der Waals surface area contributed by atoms with E-state index in [1.54, 1.807) is 0 Å². The van der Waals surface area contributed by atoms with Gasteiger partial charge in [-0.25, -0.2) is 0 Å². The lowest BCUT2D eigenvalue weighted by atomic mass is 10.9. The monoisotopic (exact) mass is 130 g/mol. The zero-order valence-electron chi connectivity index (χ0n) is 4.80. The van der Waals surface area contributed by atoms with Crippen molar-refractivity contribution in [1.82, 2.24) is 0 Å². The van der Waals surface area contributed by atoms with Crippen LogP contribution in [0.15, 0.2) is 0 Å². The van der Waals surface area contributed by atoms with Crippen LogP contribution in [0.1, 0.15) is 25.7 Å². The highest BCUT2D eigenvalue weighted by atomic mass is 32.2. The molecule has 0 spiro atoms. The Balaban J connectivity index is 1.93. The molecule has 0 bridgehead atoms. The summed E-state index contributed by atoms with van der Waals surface area (Å²) in [6, 6.07) is 0. The highest BCUT2D eigenvalue weighted by Crippen LogP contribution is 2.36. The molecular formula is C6H10OS. The van der Waals surface area contributed by atoms with E-state index in [0.29, 0.717) is 10.5 Å². The quantitative estimate of drug-likeness (QED) is 0.546. The van der Waals surface area contributed by atoms with Gasteiger partial charge in [-0.2, -0.15) is 0 Å². The van der Waals surface area contributed by atoms with Crippen LogP contribution in [0.3, 0.4) is 0 Å². The van der Waals surface area contributed by atoms with Gasteiger partial charge in [0.05, 0.1) is 0 Å². The second-order valence-corrected chi connectivity index (χ2v) is 4.72. The lowest BCUT2D eigenvalue weighted by Crippen LogP contribution is -2.01. The van der Waals surface area contributed by atoms with Crippen molar-refractivity contribution in [3.8, 4) is 0 Å². The smallest absolute Gasteiger partial charge is 0.0351 e. The lowest BCUT2D eigenvalue weighted by Gasteiger charge is -1.90. The summed E-state index contributed by atoms with van der Waals surface area (Å²) < 4.78 is 11.1. The van der Waals surface area contributed by atoms with Crippen molar-refractivity contribution in [2.75, 3.05) is 0 Å². The lowest BCUT2D eigenvalue weighted by molar-refractivity contribution is 0.681. The van der Waals surface area contributed by atoms with Gasteiger partial charge in [0.2, 0.25) is 0 Å². The van der Waals surface area contributed by atoms with E-state index in [4.69, 9.17) is 0 Å². The molecule has 0 unspecified atom stereocenters. The fraction of sp³-hybridized carbons (Fsp3) is 1.00. The van der Waals surface area contributed by atoms with Crippen LogP contribution in [-0.4, -0.2) is 14.7 Å². The molecule has 0 amide bonds. The van der Waals surface area contributed by atoms with E-state index >= 15 is 0 Å². The van der Waals surface area contributed by atoms with Crippen LogP contribution in [0.5, 0.6) is 0 Å². The maximum Gasteiger partial charge on any atom is 0.0351 e. The number of hydrogen-bond acceptors (Lipinski definition) is 1. The van der Waals surface area contributed by atoms with E-state index in [1.807, 2.05) is 0 Å². The third-order valence-corrected chi connectivity index (χ3v) is 3.96. The SMILES string of the molecule is O=S(C1CC1)C1CC1. The molecule has 0 N–H and O–H groups in total. The van der Waals surface area contributed by atoms with Crippen molar-refractivity contribution in [2.45, 2.75) is 36.2 Å². The molecule has 0 aromatic carbocycles. The van der Waals surface area contributed by atoms with E-state index in [9.17, 15) is 4.21 Å². The fourth-order valence-electron chi connectivity index (χ4n) is 0.873. The van der Waals surface area contributed by atoms with E-state index < -0.39 is 10.8 Å². The van der Waals surface area contributed by atoms with E-state index in [0.717, 1.165) is 0 Å². The van der Waals surface area contributed by atoms with Gasteiger partial charge in [0.1, 0.15) is 0 Å². The first-order valence-electron chi connectivity index (χ1n) is 3.27. The summed E-state index contributed by atoms with van der Waals surface area (Å²) in [7, 11) is -0.401. The Labute approximate surface area is 51.9 Å². The van der Waals surface area contributed by atoms with Crippen LogP contribution < -0.4 is 0 Å². The summed E-state index contributed by atoms with van der Waals surface area (Å²) in [5, 5.41) is 1.25. The molecule has 2 fully saturated rings. The Kier molecular flexibility index (Phi) is 0.973. The molecular weight excluding hydrogens is 120 g/mol. The van der Waals surface area contributed by atoms with Crippen LogP contribution in [0, 0.1) is 0 Å². The van der Waals surface area contributed by atoms with Gasteiger partial charge in [0.15, 0.2) is 0 Å². The summed E-state index contributed by atoms with van der Waals surface area (Å²) >= 11 is 0. The molecule has 0 aromatic heterocycles. The van der Waals surface area contributed by atoms with Gasteiger partial charge in [-0.15, -0.1) is 0 Å². The fourth-order valence-corrected chi connectivity index (χ4v) is 2.62. The molecule has 2 aliphatic rings. The molecule has 2 aliphatic carbocycles. The summed E-state index contributed by atoms with van der Waals surface area (Å²) in [6.45, 7) is 0. The Hall–Kier alpha value is 0.150. The third-order valence-electron chi connectivity index (χ3n) is 1.71. The summed E-state index contributed by atoms with van der Waals surface area (Å²) in [4.78, 5) is 0. The molecule has 8 heavy (non-hydrogen) atoms. The minimum Gasteiger partial charge on any atom is -0.259 e. The molecule has 2 heteroatoms. The zero-order valence-corrected chi connectivity index (χ0v) is 5.62. The first-order chi connectivity index (χ1) is 3.88. The second kappa shape index (κ2) is 1.56. The summed E-state index contributed by atoms with van der Waals surface area (Å²) in [6.07, 6.45) is 4.96. The van der Waals surface area contributed by atoms with Crippen molar-refractivity contribution < 1.29 is 4.21 Å². The van der Waals surface area contributed by atoms with Crippen molar-refractivity contribution in [3.05, 3.63) is 0 Å². The van der Waals surface area contributed by atoms with Crippen LogP contribution in [0.2, 0.25) is 0 Å². The van der Waals surface area contributed by atoms with Crippen molar-refractivity contribution >= 4 is 10.8 Å². The van der Waals surface area contributed by atoms with Gasteiger partial charge in [-0.3, -0.25) is 4.21 Å². The molecule has 1 nitrogen and oxygen atoms in total. The standard InChI is InChI=1S/C6H10OS/c7-8(5-1-2-5)6-3-4-6/h5-6H,1-4H2. The second-order valence-electron chi connectivity index (χ2n) is 2.73. The summed E-state index contributed by atoms with van der Waals surface area (Å²) in [5.41, 5.74) is 0. The van der Waals surface area contributed by atoms with Crippen LogP contribution in [0.4, 0.5) is 0 Å². The predicted octanol–water partition coefficient (Wildman–Crippen LogP) is 1.06. The van der Waals surface area contributed by atoms with Gasteiger partial charge < -0.3 is 0 Å². The molecule has 0 aliphatic heterocycles. The molecule has 2 saturated carbocycles. The highest BCUT2D eigenvalue weighted by Gasteiger charge is 2.38. The maximum absolute atomic E-state index is 11.1. The van der Waals surface area contributed by atoms with Gasteiger partial charge in [0.25, 0.3) is 0 Å². The topological polar surface area (TPSA) is 17.1 Å². The zero-order chi connectivity index (χ0) is 5.56. The van der Waals surface area contributed by atoms with Gasteiger partial charge >= 0.3 is 0 Å². The van der Waals surface area contributed by atoms with Crippen molar-refractivity contribution in [3.63, 3.8) is 0 Å². The Morgan fingerprint density at radius 3 is 1.62 bits per heavy atom. The Bertz CT molecular complexity index is 110. The van der Waals surface area contributed by atoms with E-state index in [2.05, 4.69) is 0 Å². The van der Waals surface area contributed by atoms with Crippen LogP contribution >= 0.6 is 0 Å². The molecule has 0 radical (unpaired) electrons. The average molecular weight is 130 g/mol. The normalized spacial score (nSPS) is 29.1. The van der Waals surface area contributed by atoms with Crippen LogP contribution in [0.25, 0.3) is 0 Å². The minimum atomic E-state index is -0.401. The van der Waals surface area contributed by atoms with Gasteiger partial charge in [-0.1, -0.05) is 0 Å². The number of rotatable bonds is 2. The molecule has 0 heterocycles. The first-order valence-corrected chi connectivity index (χ1v) is 4.55. The average Bonchev–Trinajstić information content (AvgIpc) is 2.63. The number of hydrogen-bond donors (Lipinski definition) is 0. The first kappa shape index (κ1) is 4.98. The van der Waals surface area contributed by atoms with Gasteiger partial charge in [0, 0.05) is 21.3 Å². The predicted molar refractivity (Wildman–Crippen MR) is 34.2 cm³/mol. The molecule has 2 rings (SSSR count). The maximum atomic E-state index is 11.1. The molecule has 0 atom stereocenters. The van der Waals surface area contributed by atoms with E-state index in [-0.39, 0.29) is 0 Å². The molecule has 0 saturated heterocycles. The van der Waals surface area contributed by atoms with E-state index in [1.165, 1.54) is 25.7 Å². The Morgan fingerprint density at radius 2 is 1.38 bits per heavy atom. The van der Waals surface area contributed by atoms with Crippen molar-refractivity contribution in [1.29, 1.82) is 0 Å². The van der Waals surface area contributed by atoms with Crippen molar-refractivity contribution in [2.24, 2.45) is 0 Å². The molecule has 0 aromatic rings.